The number of hydrogen-bond donors (Lipinski definition) is 1. The fourth-order valence-electron chi connectivity index (χ4n) is 19.2. The number of carbonyl (C=O) groups excluding carboxylic acids is 6. The molecule has 0 saturated carbocycles. The Hall–Kier alpha value is -8.21. The number of benzene rings is 4. The highest BCUT2D eigenvalue weighted by atomic mass is 35.5. The molecule has 11 aliphatic rings. The SMILES string of the molecule is CC(OC(=O)N1CCN(Cc2ccc(Cl)cc2N2CC[C@@H](N3CCCCC3=O)C2)CC1)C(F)(F)F.CC(OC(=O)N1CCN(Cc2ccc(Cl)cc2N2CC[C@@H](N3CCCS3(=O)=O)C2)CC1)C(F)(F)F.CC(OC(=O)N1CCN(Cc2ccc(Cl)cc2N2CC[C@H](N3CCCCC3=O)C2)CC1)C(F)(F)F.Cc1c(CN2CCN(C(=O)OC(C)C(F)(F)F)CC2)cccc1N1CCC(NS(C)(=O)=O)CC1. The summed E-state index contributed by atoms with van der Waals surface area (Å²) in [4.78, 5) is 100. The molecule has 4 unspecified atom stereocenters. The maximum absolute atomic E-state index is 12.7. The molecule has 1 N–H and O–H groups in total. The average Bonchev–Trinajstić information content (AvgIpc) is 1.63. The lowest BCUT2D eigenvalue weighted by Crippen LogP contribution is -2.49. The molecule has 6 amide bonds. The number of nitrogens with one attached hydrogen (secondary N) is 1. The maximum atomic E-state index is 12.7. The first-order chi connectivity index (χ1) is 65.5. The maximum Gasteiger partial charge on any atom is 0.425 e. The van der Waals surface area contributed by atoms with Crippen LogP contribution >= 0.6 is 34.8 Å². The van der Waals surface area contributed by atoms with Gasteiger partial charge in [-0.05, 0) is 169 Å². The van der Waals surface area contributed by atoms with Crippen LogP contribution in [0.15, 0.2) is 72.8 Å². The molecular weight excluding hydrogens is 1950 g/mol. The summed E-state index contributed by atoms with van der Waals surface area (Å²) >= 11 is 19.0. The predicted molar refractivity (Wildman–Crippen MR) is 502 cm³/mol. The third-order valence-corrected chi connectivity index (χ3v) is 31.0. The first kappa shape index (κ1) is 110. The van der Waals surface area contributed by atoms with Gasteiger partial charge in [-0.3, -0.25) is 29.2 Å². The third kappa shape index (κ3) is 30.9. The van der Waals surface area contributed by atoms with E-state index < -0.39 is 93.5 Å². The minimum Gasteiger partial charge on any atom is -0.437 e. The highest BCUT2D eigenvalue weighted by Gasteiger charge is 2.47. The highest BCUT2D eigenvalue weighted by molar-refractivity contribution is 7.89. The highest BCUT2D eigenvalue weighted by Crippen LogP contribution is 2.39. The van der Waals surface area contributed by atoms with E-state index in [1.807, 2.05) is 70.5 Å². The minimum absolute atomic E-state index is 0.0446. The summed E-state index contributed by atoms with van der Waals surface area (Å²) in [6.45, 7) is 22.8. The molecule has 0 spiro atoms. The van der Waals surface area contributed by atoms with Crippen molar-refractivity contribution in [3.05, 3.63) is 116 Å². The Morgan fingerprint density at radius 2 is 0.705 bits per heavy atom. The molecule has 47 heteroatoms. The lowest BCUT2D eigenvalue weighted by atomic mass is 10.0. The van der Waals surface area contributed by atoms with E-state index in [1.165, 1.54) is 25.9 Å². The normalized spacial score (nSPS) is 22.7. The van der Waals surface area contributed by atoms with Gasteiger partial charge in [0.15, 0.2) is 24.4 Å². The zero-order valence-corrected chi connectivity index (χ0v) is 83.0. The minimum atomic E-state index is -4.59. The van der Waals surface area contributed by atoms with Crippen molar-refractivity contribution >= 4 is 114 Å². The van der Waals surface area contributed by atoms with Gasteiger partial charge in [0.1, 0.15) is 0 Å². The topological polar surface area (TPSA) is 268 Å². The number of ether oxygens (including phenoxy) is 4. The van der Waals surface area contributed by atoms with Gasteiger partial charge in [0.2, 0.25) is 31.9 Å². The van der Waals surface area contributed by atoms with Crippen LogP contribution in [0.5, 0.6) is 0 Å². The standard InChI is InChI=1S/2C24H32ClF3N4O3.C22H30ClF3N4O4S.C22H33F3N4O4S/c2*1-17(24(26,27)28)35-23(34)30-12-10-29(11-13-30)15-18-5-6-19(25)14-21(18)31-9-7-20(16-31)32-8-3-2-4-22(32)33;1-16(22(24,25)26)34-21(31)28-10-8-27(9-11-28)14-17-3-4-18(23)13-20(17)29-7-5-19(15-29)30-6-2-12-35(30,32)33;1-16-18(5-4-6-20(16)28-9-7-19(8-10-28)26-34(3,31)32)15-27-11-13-29(14-12-27)21(30)33-17(2)22(23,24)25/h2*5-6,14,17,20H,2-4,7-13,15-16H2,1H3;3-4,13,16,19H,2,5-12,14-15H2,1H3;4-6,17,19,26H,7-15H2,1-3H3/t2*17?,20-;16?,19-;/m101./s1. The Morgan fingerprint density at radius 3 is 1.01 bits per heavy atom. The van der Waals surface area contributed by atoms with Crippen LogP contribution in [0.4, 0.5) is 94.6 Å². The summed E-state index contributed by atoms with van der Waals surface area (Å²) in [5.74, 6) is 0.700. The second kappa shape index (κ2) is 48.0. The zero-order valence-electron chi connectivity index (χ0n) is 79.1. The van der Waals surface area contributed by atoms with Crippen LogP contribution in [0, 0.1) is 6.92 Å². The summed E-state index contributed by atoms with van der Waals surface area (Å²) in [6, 6.07) is 23.7. The number of sulfonamides is 2. The van der Waals surface area contributed by atoms with Gasteiger partial charge in [-0.2, -0.15) is 57.0 Å². The Bertz CT molecular complexity index is 4920. The molecule has 11 saturated heterocycles. The molecular formula is C92H127Cl3F12N16O14S2. The van der Waals surface area contributed by atoms with Gasteiger partial charge in [0.25, 0.3) is 0 Å². The smallest absolute Gasteiger partial charge is 0.425 e. The first-order valence-corrected chi connectivity index (χ1v) is 52.1. The average molecular weight is 2080 g/mol. The van der Waals surface area contributed by atoms with Crippen molar-refractivity contribution in [2.24, 2.45) is 0 Å². The number of likely N-dealkylation sites (tertiary alicyclic amines) is 2. The van der Waals surface area contributed by atoms with Gasteiger partial charge in [0, 0.05) is 266 Å². The number of amides is 6. The van der Waals surface area contributed by atoms with E-state index in [9.17, 15) is 98.3 Å². The summed E-state index contributed by atoms with van der Waals surface area (Å²) < 4.78 is 222. The second-order valence-corrected chi connectivity index (χ2v) is 42.5. The van der Waals surface area contributed by atoms with Crippen molar-refractivity contribution < 1.29 is 117 Å². The summed E-state index contributed by atoms with van der Waals surface area (Å²) in [5.41, 5.74) is 9.70. The second-order valence-electron chi connectivity index (χ2n) is 37.4. The molecule has 11 aliphatic heterocycles. The Balaban J connectivity index is 0.000000166. The van der Waals surface area contributed by atoms with Crippen molar-refractivity contribution in [1.29, 1.82) is 0 Å². The molecule has 139 heavy (non-hydrogen) atoms. The molecule has 15 rings (SSSR count). The monoisotopic (exact) mass is 2080 g/mol. The van der Waals surface area contributed by atoms with Crippen molar-refractivity contribution in [1.82, 2.24) is 58.0 Å². The molecule has 4 aromatic carbocycles. The number of carbonyl (C=O) groups is 6. The van der Waals surface area contributed by atoms with Gasteiger partial charge in [-0.1, -0.05) is 65.1 Å². The van der Waals surface area contributed by atoms with Crippen LogP contribution in [0.2, 0.25) is 15.1 Å². The third-order valence-electron chi connectivity index (χ3n) is 27.5. The van der Waals surface area contributed by atoms with E-state index in [0.29, 0.717) is 165 Å². The van der Waals surface area contributed by atoms with Crippen LogP contribution in [0.3, 0.4) is 0 Å². The lowest BCUT2D eigenvalue weighted by molar-refractivity contribution is -0.200. The largest absolute Gasteiger partial charge is 0.437 e. The molecule has 0 aliphatic carbocycles. The van der Waals surface area contributed by atoms with E-state index in [-0.39, 0.29) is 54.8 Å². The molecule has 776 valence electrons. The number of nitrogens with zero attached hydrogens (tertiary/aromatic N) is 15. The van der Waals surface area contributed by atoms with Gasteiger partial charge < -0.3 is 67.9 Å². The van der Waals surface area contributed by atoms with E-state index >= 15 is 0 Å². The van der Waals surface area contributed by atoms with E-state index in [2.05, 4.69) is 81.9 Å². The van der Waals surface area contributed by atoms with Crippen LogP contribution in [-0.2, 0) is 74.8 Å². The van der Waals surface area contributed by atoms with Crippen molar-refractivity contribution in [3.8, 4) is 0 Å². The fourth-order valence-corrected chi connectivity index (χ4v) is 22.3. The number of rotatable bonds is 21. The van der Waals surface area contributed by atoms with Crippen LogP contribution in [-0.4, -0.2) is 368 Å². The van der Waals surface area contributed by atoms with E-state index in [1.54, 1.807) is 4.31 Å². The van der Waals surface area contributed by atoms with Gasteiger partial charge in [0.05, 0.1) is 24.1 Å². The number of alkyl halides is 12. The fraction of sp³-hybridized carbons (Fsp3) is 0.674. The molecule has 4 aromatic rings. The Labute approximate surface area is 819 Å². The van der Waals surface area contributed by atoms with Crippen LogP contribution in [0.25, 0.3) is 0 Å². The molecule has 30 nitrogen and oxygen atoms in total. The van der Waals surface area contributed by atoms with Gasteiger partial charge >= 0.3 is 49.1 Å². The van der Waals surface area contributed by atoms with Crippen molar-refractivity contribution in [3.63, 3.8) is 0 Å². The molecule has 0 aromatic heterocycles. The number of piperidine rings is 3. The van der Waals surface area contributed by atoms with Crippen molar-refractivity contribution in [2.45, 2.75) is 211 Å². The quantitative estimate of drug-likeness (QED) is 0.0600. The van der Waals surface area contributed by atoms with Crippen LogP contribution in [0.1, 0.15) is 133 Å². The van der Waals surface area contributed by atoms with Gasteiger partial charge in [-0.15, -0.1) is 0 Å². The van der Waals surface area contributed by atoms with Crippen LogP contribution < -0.4 is 24.3 Å². The number of hydrogen-bond acceptors (Lipinski definition) is 22. The number of halogens is 15. The van der Waals surface area contributed by atoms with Gasteiger partial charge in [-0.25, -0.2) is 40.7 Å². The molecule has 11 fully saturated rings. The Morgan fingerprint density at radius 1 is 0.396 bits per heavy atom. The van der Waals surface area contributed by atoms with Crippen molar-refractivity contribution in [2.75, 3.05) is 208 Å². The zero-order chi connectivity index (χ0) is 101. The lowest BCUT2D eigenvalue weighted by Gasteiger charge is -2.36. The molecule has 0 bridgehead atoms. The Kier molecular flexibility index (Phi) is 37.8. The number of piperazine rings is 4. The van der Waals surface area contributed by atoms with E-state index in [4.69, 9.17) is 34.8 Å². The van der Waals surface area contributed by atoms with E-state index in [0.717, 1.165) is 195 Å². The predicted octanol–water partition coefficient (Wildman–Crippen LogP) is 14.1. The summed E-state index contributed by atoms with van der Waals surface area (Å²) in [7, 11) is -6.39. The first-order valence-electron chi connectivity index (χ1n) is 47.5. The summed E-state index contributed by atoms with van der Waals surface area (Å²) in [6.07, 6.45) is -19.4. The molecule has 0 radical (unpaired) electrons. The number of anilines is 4. The molecule has 11 heterocycles. The summed E-state index contributed by atoms with van der Waals surface area (Å²) in [5, 5.41) is 1.88. The molecule has 7 atom stereocenters.